The number of nitrogen functional groups attached to an aromatic ring is 1. The van der Waals surface area contributed by atoms with Gasteiger partial charge >= 0.3 is 0 Å². The zero-order valence-electron chi connectivity index (χ0n) is 7.75. The average molecular weight is 204 g/mol. The monoisotopic (exact) mass is 204 g/mol. The molecule has 1 rings (SSSR count). The maximum atomic E-state index is 7.21. The normalized spacial score (nSPS) is 8.93. The molecule has 72 valence electrons. The predicted molar refractivity (Wildman–Crippen MR) is 62.8 cm³/mol. The highest BCUT2D eigenvalue weighted by Gasteiger charge is 1.93. The van der Waals surface area contributed by atoms with Crippen molar-refractivity contribution in [2.45, 2.75) is 6.42 Å². The Hall–Kier alpha value is -1.40. The number of amidine groups is 1. The van der Waals surface area contributed by atoms with Gasteiger partial charge in [0.25, 0.3) is 0 Å². The van der Waals surface area contributed by atoms with Crippen LogP contribution in [0.3, 0.4) is 0 Å². The van der Waals surface area contributed by atoms with Gasteiger partial charge in [0, 0.05) is 23.3 Å². The highest BCUT2D eigenvalue weighted by molar-refractivity contribution is 7.80. The molecule has 0 unspecified atom stereocenters. The molecule has 0 fully saturated rings. The summed E-state index contributed by atoms with van der Waals surface area (Å²) < 4.78 is 0. The van der Waals surface area contributed by atoms with Crippen LogP contribution < -0.4 is 5.73 Å². The molecule has 1 aromatic carbocycles. The van der Waals surface area contributed by atoms with Crippen molar-refractivity contribution in [1.82, 2.24) is 0 Å². The Bertz CT molecular complexity index is 371. The van der Waals surface area contributed by atoms with E-state index in [1.165, 1.54) is 0 Å². The molecule has 0 aliphatic carbocycles. The lowest BCUT2D eigenvalue weighted by Gasteiger charge is -1.96. The van der Waals surface area contributed by atoms with E-state index in [-0.39, 0.29) is 5.84 Å². The number of rotatable bonds is 2. The molecule has 0 radical (unpaired) electrons. The molecule has 0 aromatic heterocycles. The fourth-order valence-corrected chi connectivity index (χ4v) is 1.07. The van der Waals surface area contributed by atoms with Crippen molar-refractivity contribution in [2.75, 3.05) is 5.75 Å². The largest absolute Gasteiger partial charge is 0.384 e. The van der Waals surface area contributed by atoms with Crippen LogP contribution in [-0.2, 0) is 0 Å². The van der Waals surface area contributed by atoms with Gasteiger partial charge in [-0.1, -0.05) is 24.0 Å². The summed E-state index contributed by atoms with van der Waals surface area (Å²) in [5.41, 5.74) is 6.99. The summed E-state index contributed by atoms with van der Waals surface area (Å²) in [6, 6.07) is 7.32. The van der Waals surface area contributed by atoms with E-state index in [0.29, 0.717) is 0 Å². The van der Waals surface area contributed by atoms with Crippen LogP contribution in [0.1, 0.15) is 17.5 Å². The molecule has 0 saturated heterocycles. The van der Waals surface area contributed by atoms with Gasteiger partial charge in [-0.25, -0.2) is 0 Å². The summed E-state index contributed by atoms with van der Waals surface area (Å²) >= 11 is 4.06. The van der Waals surface area contributed by atoms with Crippen molar-refractivity contribution < 1.29 is 0 Å². The van der Waals surface area contributed by atoms with Gasteiger partial charge in [-0.2, -0.15) is 12.6 Å². The van der Waals surface area contributed by atoms with E-state index < -0.39 is 0 Å². The van der Waals surface area contributed by atoms with Crippen LogP contribution in [0.15, 0.2) is 24.3 Å². The third kappa shape index (κ3) is 3.15. The standard InChI is InChI=1S/C11H12N2S/c12-11(13)10-6-4-9(5-7-10)3-1-2-8-14/h4-7,14H,2,8H2,(H3,12,13). The summed E-state index contributed by atoms with van der Waals surface area (Å²) in [7, 11) is 0. The second-order valence-electron chi connectivity index (χ2n) is 2.77. The molecule has 14 heavy (non-hydrogen) atoms. The van der Waals surface area contributed by atoms with Gasteiger partial charge in [0.1, 0.15) is 5.84 Å². The highest BCUT2D eigenvalue weighted by atomic mass is 32.1. The quantitative estimate of drug-likeness (QED) is 0.292. The third-order valence-electron chi connectivity index (χ3n) is 1.67. The van der Waals surface area contributed by atoms with Crippen molar-refractivity contribution in [3.8, 4) is 11.8 Å². The minimum Gasteiger partial charge on any atom is -0.384 e. The van der Waals surface area contributed by atoms with Gasteiger partial charge < -0.3 is 5.73 Å². The molecule has 0 atom stereocenters. The summed E-state index contributed by atoms with van der Waals surface area (Å²) in [6.07, 6.45) is 0.789. The van der Waals surface area contributed by atoms with Gasteiger partial charge in [0.2, 0.25) is 0 Å². The van der Waals surface area contributed by atoms with Gasteiger partial charge in [0.05, 0.1) is 0 Å². The Balaban J connectivity index is 2.75. The maximum Gasteiger partial charge on any atom is 0.122 e. The molecule has 3 heteroatoms. The highest BCUT2D eigenvalue weighted by Crippen LogP contribution is 2.02. The van der Waals surface area contributed by atoms with Crippen LogP contribution >= 0.6 is 12.6 Å². The lowest BCUT2D eigenvalue weighted by atomic mass is 10.1. The van der Waals surface area contributed by atoms with Crippen LogP contribution in [0, 0.1) is 17.3 Å². The van der Waals surface area contributed by atoms with Crippen molar-refractivity contribution >= 4 is 18.5 Å². The minimum atomic E-state index is 0.0832. The Morgan fingerprint density at radius 1 is 1.36 bits per heavy atom. The zero-order chi connectivity index (χ0) is 10.4. The van der Waals surface area contributed by atoms with Crippen LogP contribution in [0.4, 0.5) is 0 Å². The first kappa shape index (κ1) is 10.7. The Labute approximate surface area is 89.4 Å². The fourth-order valence-electron chi connectivity index (χ4n) is 0.954. The number of nitrogens with two attached hydrogens (primary N) is 1. The van der Waals surface area contributed by atoms with Gasteiger partial charge in [0.15, 0.2) is 0 Å². The lowest BCUT2D eigenvalue weighted by Crippen LogP contribution is -2.10. The van der Waals surface area contributed by atoms with E-state index in [1.807, 2.05) is 12.1 Å². The number of hydrogen-bond acceptors (Lipinski definition) is 2. The topological polar surface area (TPSA) is 49.9 Å². The van der Waals surface area contributed by atoms with Crippen LogP contribution in [-0.4, -0.2) is 11.6 Å². The second kappa shape index (κ2) is 5.36. The molecule has 0 aliphatic rings. The molecule has 0 aliphatic heterocycles. The summed E-state index contributed by atoms with van der Waals surface area (Å²) in [5, 5.41) is 7.21. The first-order chi connectivity index (χ1) is 6.74. The number of thiol groups is 1. The summed E-state index contributed by atoms with van der Waals surface area (Å²) in [4.78, 5) is 0. The molecule has 0 amide bonds. The molecular weight excluding hydrogens is 192 g/mol. The van der Waals surface area contributed by atoms with E-state index in [4.69, 9.17) is 11.1 Å². The van der Waals surface area contributed by atoms with Crippen molar-refractivity contribution in [3.05, 3.63) is 35.4 Å². The second-order valence-corrected chi connectivity index (χ2v) is 3.21. The first-order valence-corrected chi connectivity index (χ1v) is 4.91. The molecule has 0 saturated carbocycles. The molecular formula is C11H12N2S. The van der Waals surface area contributed by atoms with Crippen LogP contribution in [0.25, 0.3) is 0 Å². The van der Waals surface area contributed by atoms with E-state index in [2.05, 4.69) is 24.5 Å². The lowest BCUT2D eigenvalue weighted by molar-refractivity contribution is 1.31. The number of benzene rings is 1. The van der Waals surface area contributed by atoms with Crippen molar-refractivity contribution in [1.29, 1.82) is 5.41 Å². The SMILES string of the molecule is N=C(N)c1ccc(C#CCCS)cc1. The molecule has 0 spiro atoms. The molecule has 3 N–H and O–H groups in total. The first-order valence-electron chi connectivity index (χ1n) is 4.28. The van der Waals surface area contributed by atoms with E-state index in [1.54, 1.807) is 12.1 Å². The van der Waals surface area contributed by atoms with Gasteiger partial charge in [-0.05, 0) is 12.1 Å². The number of hydrogen-bond donors (Lipinski definition) is 3. The maximum absolute atomic E-state index is 7.21. The summed E-state index contributed by atoms with van der Waals surface area (Å²) in [5.74, 6) is 6.85. The van der Waals surface area contributed by atoms with Gasteiger partial charge in [-0.15, -0.1) is 0 Å². The van der Waals surface area contributed by atoms with Crippen molar-refractivity contribution in [2.24, 2.45) is 5.73 Å². The smallest absolute Gasteiger partial charge is 0.122 e. The molecule has 0 heterocycles. The van der Waals surface area contributed by atoms with E-state index in [9.17, 15) is 0 Å². The average Bonchev–Trinajstić information content (AvgIpc) is 2.19. The van der Waals surface area contributed by atoms with Crippen LogP contribution in [0.2, 0.25) is 0 Å². The fraction of sp³-hybridized carbons (Fsp3) is 0.182. The van der Waals surface area contributed by atoms with E-state index in [0.717, 1.165) is 23.3 Å². The van der Waals surface area contributed by atoms with Gasteiger partial charge in [-0.3, -0.25) is 5.41 Å². The summed E-state index contributed by atoms with van der Waals surface area (Å²) in [6.45, 7) is 0. The Morgan fingerprint density at radius 3 is 2.50 bits per heavy atom. The predicted octanol–water partition coefficient (Wildman–Crippen LogP) is 1.64. The van der Waals surface area contributed by atoms with E-state index >= 15 is 0 Å². The Kier molecular flexibility index (Phi) is 4.09. The minimum absolute atomic E-state index is 0.0832. The Morgan fingerprint density at radius 2 is 2.00 bits per heavy atom. The molecule has 0 bridgehead atoms. The third-order valence-corrected chi connectivity index (χ3v) is 1.89. The number of nitrogens with one attached hydrogen (secondary N) is 1. The molecule has 2 nitrogen and oxygen atoms in total. The van der Waals surface area contributed by atoms with Crippen LogP contribution in [0.5, 0.6) is 0 Å². The van der Waals surface area contributed by atoms with Crippen molar-refractivity contribution in [3.63, 3.8) is 0 Å². The molecule has 1 aromatic rings. The zero-order valence-corrected chi connectivity index (χ0v) is 8.64.